The number of nitrogens with one attached hydrogen (secondary N) is 1. The molecule has 1 saturated heterocycles. The van der Waals surface area contributed by atoms with Gasteiger partial charge in [-0.05, 0) is 13.0 Å². The van der Waals surface area contributed by atoms with Gasteiger partial charge in [0.25, 0.3) is 5.56 Å². The largest absolute Gasteiger partial charge is 0.345 e. The zero-order valence-electron chi connectivity index (χ0n) is 13.3. The quantitative estimate of drug-likeness (QED) is 0.869. The predicted octanol–water partition coefficient (Wildman–Crippen LogP) is 0.452. The highest BCUT2D eigenvalue weighted by molar-refractivity contribution is 5.38. The number of rotatable bonds is 4. The zero-order chi connectivity index (χ0) is 17.3. The van der Waals surface area contributed by atoms with E-state index in [0.29, 0.717) is 30.1 Å². The van der Waals surface area contributed by atoms with E-state index in [4.69, 9.17) is 5.26 Å². The van der Waals surface area contributed by atoms with Crippen LogP contribution in [0.5, 0.6) is 0 Å². The van der Waals surface area contributed by atoms with Gasteiger partial charge in [-0.15, -0.1) is 0 Å². The molecule has 0 unspecified atom stereocenters. The van der Waals surface area contributed by atoms with Crippen molar-refractivity contribution in [3.8, 4) is 6.07 Å². The Labute approximate surface area is 137 Å². The van der Waals surface area contributed by atoms with Gasteiger partial charge in [-0.3, -0.25) is 9.78 Å². The molecule has 2 aromatic rings. The van der Waals surface area contributed by atoms with E-state index in [2.05, 4.69) is 19.9 Å². The van der Waals surface area contributed by atoms with Crippen molar-refractivity contribution in [1.29, 1.82) is 5.26 Å². The van der Waals surface area contributed by atoms with Crippen molar-refractivity contribution in [2.24, 2.45) is 5.92 Å². The highest BCUT2D eigenvalue weighted by atomic mass is 19.1. The Balaban J connectivity index is 1.61. The number of H-pyrrole nitrogens is 1. The molecule has 1 aliphatic rings. The Morgan fingerprint density at radius 2 is 2.25 bits per heavy atom. The summed E-state index contributed by atoms with van der Waals surface area (Å²) in [4.78, 5) is 30.1. The monoisotopic (exact) mass is 329 g/mol. The van der Waals surface area contributed by atoms with E-state index in [9.17, 15) is 9.18 Å². The van der Waals surface area contributed by atoms with Crippen LogP contribution in [0.15, 0.2) is 17.1 Å². The molecule has 0 saturated carbocycles. The smallest absolute Gasteiger partial charge is 0.288 e. The van der Waals surface area contributed by atoms with Gasteiger partial charge in [-0.2, -0.15) is 9.65 Å². The fourth-order valence-electron chi connectivity index (χ4n) is 2.62. The van der Waals surface area contributed by atoms with Gasteiger partial charge in [0.2, 0.25) is 17.7 Å². The number of nitriles is 1. The average molecular weight is 329 g/mol. The molecule has 1 fully saturated rings. The second-order valence-electron chi connectivity index (χ2n) is 5.79. The molecule has 24 heavy (non-hydrogen) atoms. The van der Waals surface area contributed by atoms with Crippen LogP contribution in [0.1, 0.15) is 11.4 Å². The molecular weight excluding hydrogens is 313 g/mol. The number of halogens is 1. The summed E-state index contributed by atoms with van der Waals surface area (Å²) in [6.45, 7) is 3.60. The summed E-state index contributed by atoms with van der Waals surface area (Å²) in [5.41, 5.74) is -0.344. The first-order chi connectivity index (χ1) is 11.5. The minimum atomic E-state index is -0.850. The maximum atomic E-state index is 13.3. The van der Waals surface area contributed by atoms with Crippen molar-refractivity contribution in [3.63, 3.8) is 0 Å². The first kappa shape index (κ1) is 15.9. The summed E-state index contributed by atoms with van der Waals surface area (Å²) in [5.74, 6) is 0.369. The lowest BCUT2D eigenvalue weighted by Crippen LogP contribution is -2.52. The Bertz CT molecular complexity index is 854. The fraction of sp³-hybridized carbons (Fsp3) is 0.400. The van der Waals surface area contributed by atoms with Crippen molar-refractivity contribution in [3.05, 3.63) is 39.8 Å². The van der Waals surface area contributed by atoms with Crippen LogP contribution in [0, 0.1) is 30.0 Å². The summed E-state index contributed by atoms with van der Waals surface area (Å²) < 4.78 is 13.3. The van der Waals surface area contributed by atoms with Crippen LogP contribution in [0.4, 0.5) is 16.3 Å². The maximum absolute atomic E-state index is 13.3. The normalized spacial score (nSPS) is 14.2. The van der Waals surface area contributed by atoms with Crippen LogP contribution in [-0.4, -0.2) is 46.6 Å². The third-order valence-corrected chi connectivity index (χ3v) is 3.91. The molecule has 1 N–H and O–H groups in total. The van der Waals surface area contributed by atoms with Crippen LogP contribution >= 0.6 is 0 Å². The molecule has 0 bridgehead atoms. The third kappa shape index (κ3) is 3.03. The van der Waals surface area contributed by atoms with Gasteiger partial charge in [0.1, 0.15) is 11.8 Å². The minimum Gasteiger partial charge on any atom is -0.345 e. The van der Waals surface area contributed by atoms with E-state index >= 15 is 0 Å². The van der Waals surface area contributed by atoms with Gasteiger partial charge in [-0.25, -0.2) is 15.0 Å². The molecular formula is C15H16FN7O. The number of hydrogen-bond acceptors (Lipinski definition) is 7. The summed E-state index contributed by atoms with van der Waals surface area (Å²) in [7, 11) is 1.80. The van der Waals surface area contributed by atoms with E-state index in [1.54, 1.807) is 24.2 Å². The molecule has 0 atom stereocenters. The number of hydrogen-bond donors (Lipinski definition) is 1. The Morgan fingerprint density at radius 3 is 2.92 bits per heavy atom. The van der Waals surface area contributed by atoms with Crippen LogP contribution in [0.2, 0.25) is 0 Å². The van der Waals surface area contributed by atoms with Crippen molar-refractivity contribution in [2.45, 2.75) is 6.92 Å². The van der Waals surface area contributed by atoms with Gasteiger partial charge in [0.15, 0.2) is 0 Å². The third-order valence-electron chi connectivity index (χ3n) is 3.91. The maximum Gasteiger partial charge on any atom is 0.288 e. The Morgan fingerprint density at radius 1 is 1.50 bits per heavy atom. The number of nitrogens with zero attached hydrogens (tertiary/aromatic N) is 6. The van der Waals surface area contributed by atoms with Crippen molar-refractivity contribution in [1.82, 2.24) is 19.9 Å². The second kappa shape index (κ2) is 6.23. The van der Waals surface area contributed by atoms with Crippen LogP contribution in [0.25, 0.3) is 0 Å². The molecule has 8 nitrogen and oxygen atoms in total. The second-order valence-corrected chi connectivity index (χ2v) is 5.79. The first-order valence-corrected chi connectivity index (χ1v) is 7.43. The van der Waals surface area contributed by atoms with E-state index in [0.717, 1.165) is 13.1 Å². The van der Waals surface area contributed by atoms with Gasteiger partial charge < -0.3 is 9.80 Å². The van der Waals surface area contributed by atoms with E-state index in [-0.39, 0.29) is 5.69 Å². The molecule has 3 rings (SSSR count). The van der Waals surface area contributed by atoms with E-state index < -0.39 is 11.4 Å². The molecule has 0 aliphatic carbocycles. The number of aryl methyl sites for hydroxylation is 1. The molecule has 0 spiro atoms. The average Bonchev–Trinajstić information content (AvgIpc) is 2.54. The van der Waals surface area contributed by atoms with Crippen molar-refractivity contribution >= 4 is 11.9 Å². The lowest BCUT2D eigenvalue weighted by Gasteiger charge is -2.41. The highest BCUT2D eigenvalue weighted by Crippen LogP contribution is 2.22. The number of aromatic nitrogens is 4. The molecule has 0 aromatic carbocycles. The van der Waals surface area contributed by atoms with Gasteiger partial charge in [-0.1, -0.05) is 0 Å². The number of aromatic amines is 1. The molecule has 0 amide bonds. The van der Waals surface area contributed by atoms with E-state index in [1.807, 2.05) is 11.0 Å². The SMILES string of the molecule is Cc1nc(N(C)CC2CN(c3nccc(C#N)n3)C2)[nH]c(=O)c1F. The topological polar surface area (TPSA) is 102 Å². The van der Waals surface area contributed by atoms with Crippen LogP contribution in [-0.2, 0) is 0 Å². The Hall–Kier alpha value is -3.02. The number of anilines is 2. The predicted molar refractivity (Wildman–Crippen MR) is 85.3 cm³/mol. The van der Waals surface area contributed by atoms with Crippen molar-refractivity contribution < 1.29 is 4.39 Å². The minimum absolute atomic E-state index is 0.0811. The highest BCUT2D eigenvalue weighted by Gasteiger charge is 2.30. The molecule has 1 aliphatic heterocycles. The summed E-state index contributed by atoms with van der Waals surface area (Å²) in [6.07, 6.45) is 1.57. The standard InChI is InChI=1S/C15H16FN7O/c1-9-12(16)13(24)21-15(19-9)22(2)6-10-7-23(8-10)14-18-4-3-11(5-17)20-14/h3-4,10H,6-8H2,1-2H3,(H,19,21,24). The van der Waals surface area contributed by atoms with Gasteiger partial charge in [0.05, 0.1) is 5.69 Å². The van der Waals surface area contributed by atoms with Gasteiger partial charge >= 0.3 is 0 Å². The summed E-state index contributed by atoms with van der Waals surface area (Å²) in [5, 5.41) is 8.87. The molecule has 2 aromatic heterocycles. The zero-order valence-corrected chi connectivity index (χ0v) is 13.3. The molecule has 0 radical (unpaired) electrons. The van der Waals surface area contributed by atoms with Crippen LogP contribution < -0.4 is 15.4 Å². The summed E-state index contributed by atoms with van der Waals surface area (Å²) >= 11 is 0. The summed E-state index contributed by atoms with van der Waals surface area (Å²) in [6, 6.07) is 3.55. The van der Waals surface area contributed by atoms with Crippen LogP contribution in [0.3, 0.4) is 0 Å². The van der Waals surface area contributed by atoms with Gasteiger partial charge in [0, 0.05) is 38.8 Å². The van der Waals surface area contributed by atoms with Crippen molar-refractivity contribution in [2.75, 3.05) is 36.5 Å². The van der Waals surface area contributed by atoms with E-state index in [1.165, 1.54) is 6.92 Å². The molecule has 3 heterocycles. The Kier molecular flexibility index (Phi) is 4.12. The fourth-order valence-corrected chi connectivity index (χ4v) is 2.62. The molecule has 124 valence electrons. The lowest BCUT2D eigenvalue weighted by molar-refractivity contribution is 0.405. The lowest BCUT2D eigenvalue weighted by atomic mass is 10.0. The first-order valence-electron chi connectivity index (χ1n) is 7.43. The molecule has 9 heteroatoms.